The van der Waals surface area contributed by atoms with Crippen LogP contribution < -0.4 is 26.1 Å². The number of hydrogen-bond donors (Lipinski definition) is 3. The van der Waals surface area contributed by atoms with Crippen LogP contribution in [0.5, 0.6) is 5.75 Å². The van der Waals surface area contributed by atoms with E-state index in [0.717, 1.165) is 18.9 Å². The zero-order valence-electron chi connectivity index (χ0n) is 21.7. The van der Waals surface area contributed by atoms with Crippen molar-refractivity contribution in [2.75, 3.05) is 45.7 Å². The van der Waals surface area contributed by atoms with E-state index in [9.17, 15) is 23.9 Å². The highest BCUT2D eigenvalue weighted by molar-refractivity contribution is 5.97. The van der Waals surface area contributed by atoms with Gasteiger partial charge in [-0.3, -0.25) is 9.59 Å². The highest BCUT2D eigenvalue weighted by atomic mass is 19.1. The van der Waals surface area contributed by atoms with Gasteiger partial charge in [0.05, 0.1) is 24.1 Å². The topological polar surface area (TPSA) is 130 Å². The molecule has 2 aromatic rings. The Morgan fingerprint density at radius 1 is 1.37 bits per heavy atom. The molecule has 1 unspecified atom stereocenters. The summed E-state index contributed by atoms with van der Waals surface area (Å²) in [7, 11) is 4.89. The van der Waals surface area contributed by atoms with Gasteiger partial charge in [-0.1, -0.05) is 5.57 Å². The van der Waals surface area contributed by atoms with Gasteiger partial charge in [0.15, 0.2) is 17.9 Å². The Kier molecular flexibility index (Phi) is 8.02. The Morgan fingerprint density at radius 3 is 2.68 bits per heavy atom. The first kappa shape index (κ1) is 27.5. The molecule has 1 aromatic heterocycles. The van der Waals surface area contributed by atoms with Crippen molar-refractivity contribution in [3.8, 4) is 5.75 Å². The molecule has 2 heterocycles. The van der Waals surface area contributed by atoms with Crippen molar-refractivity contribution in [2.24, 2.45) is 5.73 Å². The highest BCUT2D eigenvalue weighted by Gasteiger charge is 2.32. The van der Waals surface area contributed by atoms with Crippen molar-refractivity contribution < 1.29 is 28.2 Å². The molecule has 4 N–H and O–H groups in total. The fourth-order valence-corrected chi connectivity index (χ4v) is 4.92. The molecule has 0 radical (unpaired) electrons. The predicted molar refractivity (Wildman–Crippen MR) is 139 cm³/mol. The number of pyridine rings is 1. The first-order valence-electron chi connectivity index (χ1n) is 12.5. The third kappa shape index (κ3) is 5.65. The van der Waals surface area contributed by atoms with Gasteiger partial charge < -0.3 is 35.3 Å². The third-order valence-corrected chi connectivity index (χ3v) is 6.77. The van der Waals surface area contributed by atoms with E-state index in [-0.39, 0.29) is 36.0 Å². The molecule has 0 bridgehead atoms. The normalized spacial score (nSPS) is 18.6. The summed E-state index contributed by atoms with van der Waals surface area (Å²) >= 11 is 0. The van der Waals surface area contributed by atoms with Crippen LogP contribution in [0.15, 0.2) is 28.7 Å². The number of likely N-dealkylation sites (N-methyl/N-ethyl adjacent to an activating group) is 1. The molecular formula is C26H33F2N5O5. The molecule has 38 heavy (non-hydrogen) atoms. The average molecular weight is 534 g/mol. The molecule has 1 aliphatic heterocycles. The van der Waals surface area contributed by atoms with Gasteiger partial charge in [0.2, 0.25) is 11.3 Å². The molecule has 206 valence electrons. The van der Waals surface area contributed by atoms with E-state index in [1.807, 2.05) is 0 Å². The number of nitrogens with two attached hydrogens (primary N) is 1. The molecule has 10 nitrogen and oxygen atoms in total. The van der Waals surface area contributed by atoms with Gasteiger partial charge in [-0.05, 0) is 51.9 Å². The first-order chi connectivity index (χ1) is 18.0. The molecule has 1 aromatic carbocycles. The number of piperidine rings is 1. The smallest absolute Gasteiger partial charge is 0.341 e. The van der Waals surface area contributed by atoms with Crippen molar-refractivity contribution in [3.05, 3.63) is 45.5 Å². The number of nitrogens with zero attached hydrogens (tertiary/aromatic N) is 3. The van der Waals surface area contributed by atoms with Gasteiger partial charge in [0.25, 0.3) is 0 Å². The molecule has 2 atom stereocenters. The number of hydrogen-bond acceptors (Lipinski definition) is 7. The minimum Gasteiger partial charge on any atom is -0.492 e. The van der Waals surface area contributed by atoms with E-state index in [1.54, 1.807) is 28.5 Å². The lowest BCUT2D eigenvalue weighted by Crippen LogP contribution is -2.48. The van der Waals surface area contributed by atoms with Gasteiger partial charge in [0, 0.05) is 31.9 Å². The second-order valence-electron chi connectivity index (χ2n) is 10.1. The number of carbonyl (C=O) groups is 2. The number of rotatable bonds is 9. The SMILES string of the molecule is COc1c(N2CCCC(=CC(F)NC(=O)[C@@H](N)CN(C)C)C2)c(F)cc2c(=O)c(C(=O)O)cn(C3CC3)c12. The number of benzene rings is 1. The summed E-state index contributed by atoms with van der Waals surface area (Å²) in [6, 6.07) is 0.157. The number of anilines is 1. The van der Waals surface area contributed by atoms with Crippen molar-refractivity contribution in [1.29, 1.82) is 0 Å². The number of alkyl halides is 1. The van der Waals surface area contributed by atoms with Crippen molar-refractivity contribution in [3.63, 3.8) is 0 Å². The number of fused-ring (bicyclic) bond motifs is 1. The lowest BCUT2D eigenvalue weighted by atomic mass is 10.0. The van der Waals surface area contributed by atoms with E-state index >= 15 is 4.39 Å². The van der Waals surface area contributed by atoms with Crippen LogP contribution in [0.2, 0.25) is 0 Å². The van der Waals surface area contributed by atoms with E-state index in [0.29, 0.717) is 30.5 Å². The van der Waals surface area contributed by atoms with Crippen LogP contribution in [0.3, 0.4) is 0 Å². The van der Waals surface area contributed by atoms with Crippen molar-refractivity contribution in [1.82, 2.24) is 14.8 Å². The Bertz CT molecular complexity index is 1340. The van der Waals surface area contributed by atoms with Gasteiger partial charge in [-0.25, -0.2) is 13.6 Å². The Balaban J connectivity index is 1.67. The number of aromatic carboxylic acids is 1. The summed E-state index contributed by atoms with van der Waals surface area (Å²) in [4.78, 5) is 40.2. The zero-order valence-corrected chi connectivity index (χ0v) is 21.7. The zero-order chi connectivity index (χ0) is 27.7. The standard InChI is InChI=1S/C26H33F2N5O5/c1-31(2)13-19(29)25(35)30-20(28)9-14-5-4-8-32(11-14)22-18(27)10-16-21(24(22)38-3)33(15-6-7-15)12-17(23(16)34)26(36)37/h9-10,12,15,19-20H,4-8,11,13,29H2,1-3H3,(H,30,35)(H,36,37)/t19-,20?/m0/s1. The maximum atomic E-state index is 15.6. The predicted octanol–water partition coefficient (Wildman–Crippen LogP) is 2.01. The maximum Gasteiger partial charge on any atom is 0.341 e. The molecule has 2 fully saturated rings. The third-order valence-electron chi connectivity index (χ3n) is 6.77. The number of carboxylic acid groups (broad SMARTS) is 1. The summed E-state index contributed by atoms with van der Waals surface area (Å²) in [5, 5.41) is 11.7. The molecule has 2 aliphatic rings. The monoisotopic (exact) mass is 533 g/mol. The van der Waals surface area contributed by atoms with E-state index in [4.69, 9.17) is 10.5 Å². The first-order valence-corrected chi connectivity index (χ1v) is 12.5. The van der Waals surface area contributed by atoms with E-state index in [2.05, 4.69) is 5.32 Å². The van der Waals surface area contributed by atoms with Crippen LogP contribution in [-0.4, -0.2) is 79.6 Å². The molecule has 4 rings (SSSR count). The molecule has 12 heteroatoms. The highest BCUT2D eigenvalue weighted by Crippen LogP contribution is 2.44. The summed E-state index contributed by atoms with van der Waals surface area (Å²) < 4.78 is 37.6. The number of halogens is 2. The Hall–Kier alpha value is -3.51. The molecule has 1 saturated heterocycles. The fraction of sp³-hybridized carbons (Fsp3) is 0.500. The molecule has 1 aliphatic carbocycles. The largest absolute Gasteiger partial charge is 0.492 e. The van der Waals surface area contributed by atoms with Crippen molar-refractivity contribution >= 4 is 28.5 Å². The summed E-state index contributed by atoms with van der Waals surface area (Å²) in [6.07, 6.45) is 3.59. The lowest BCUT2D eigenvalue weighted by Gasteiger charge is -2.33. The summed E-state index contributed by atoms with van der Waals surface area (Å²) in [5.74, 6) is -2.60. The van der Waals surface area contributed by atoms with Crippen LogP contribution in [-0.2, 0) is 4.79 Å². The quantitative estimate of drug-likeness (QED) is 0.330. The molecule has 0 spiro atoms. The number of aromatic nitrogens is 1. The number of amides is 1. The van der Waals surface area contributed by atoms with Crippen LogP contribution in [0.4, 0.5) is 14.5 Å². The summed E-state index contributed by atoms with van der Waals surface area (Å²) in [5.41, 5.74) is 5.71. The number of ether oxygens (including phenoxy) is 1. The lowest BCUT2D eigenvalue weighted by molar-refractivity contribution is -0.123. The Labute approximate surface area is 218 Å². The van der Waals surface area contributed by atoms with Crippen LogP contribution in [0, 0.1) is 5.82 Å². The van der Waals surface area contributed by atoms with E-state index < -0.39 is 41.0 Å². The minimum absolute atomic E-state index is 0.0185. The molecule has 1 saturated carbocycles. The number of methoxy groups -OCH3 is 1. The fourth-order valence-electron chi connectivity index (χ4n) is 4.92. The van der Waals surface area contributed by atoms with Crippen LogP contribution in [0.1, 0.15) is 42.1 Å². The number of carbonyl (C=O) groups excluding carboxylic acids is 1. The summed E-state index contributed by atoms with van der Waals surface area (Å²) in [6.45, 7) is 0.900. The molecular weight excluding hydrogens is 500 g/mol. The van der Waals surface area contributed by atoms with E-state index in [1.165, 1.54) is 19.4 Å². The van der Waals surface area contributed by atoms with Gasteiger partial charge >= 0.3 is 5.97 Å². The van der Waals surface area contributed by atoms with Crippen molar-refractivity contribution in [2.45, 2.75) is 44.1 Å². The minimum atomic E-state index is -1.76. The Morgan fingerprint density at radius 2 is 2.08 bits per heavy atom. The number of carboxylic acids is 1. The maximum absolute atomic E-state index is 15.6. The molecule has 1 amide bonds. The van der Waals surface area contributed by atoms with Gasteiger partial charge in [0.1, 0.15) is 11.3 Å². The van der Waals surface area contributed by atoms with Crippen LogP contribution >= 0.6 is 0 Å². The van der Waals surface area contributed by atoms with Gasteiger partial charge in [-0.15, -0.1) is 0 Å². The second-order valence-corrected chi connectivity index (χ2v) is 10.1. The number of nitrogens with one attached hydrogen (secondary N) is 1. The van der Waals surface area contributed by atoms with Gasteiger partial charge in [-0.2, -0.15) is 0 Å². The second kappa shape index (κ2) is 11.1. The van der Waals surface area contributed by atoms with Crippen LogP contribution in [0.25, 0.3) is 10.9 Å². The average Bonchev–Trinajstić information content (AvgIpc) is 3.68.